The molecule has 5 nitrogen and oxygen atoms in total. The van der Waals surface area contributed by atoms with E-state index in [9.17, 15) is 9.59 Å². The highest BCUT2D eigenvalue weighted by atomic mass is 35.5. The van der Waals surface area contributed by atoms with E-state index in [1.807, 2.05) is 0 Å². The number of nitrogens with two attached hydrogens (primary N) is 1. The molecule has 0 saturated heterocycles. The van der Waals surface area contributed by atoms with Crippen molar-refractivity contribution in [2.75, 3.05) is 6.54 Å². The minimum Gasteiger partial charge on any atom is -0.370 e. The highest BCUT2D eigenvalue weighted by molar-refractivity contribution is 6.29. The van der Waals surface area contributed by atoms with Gasteiger partial charge in [-0.2, -0.15) is 0 Å². The summed E-state index contributed by atoms with van der Waals surface area (Å²) in [5.41, 5.74) is 5.39. The molecule has 0 aromatic carbocycles. The number of nitrogens with one attached hydrogen (secondary N) is 1. The fourth-order valence-corrected chi connectivity index (χ4v) is 1.19. The topological polar surface area (TPSA) is 85.1 Å². The lowest BCUT2D eigenvalue weighted by Crippen LogP contribution is -2.25. The number of hydrogen-bond acceptors (Lipinski definition) is 3. The molecule has 0 unspecified atom stereocenters. The Morgan fingerprint density at radius 3 is 2.75 bits per heavy atom. The van der Waals surface area contributed by atoms with Gasteiger partial charge in [0.2, 0.25) is 5.91 Å². The highest BCUT2D eigenvalue weighted by Crippen LogP contribution is 2.04. The number of carbonyl (C=O) groups excluding carboxylic acids is 2. The third-order valence-electron chi connectivity index (χ3n) is 1.88. The van der Waals surface area contributed by atoms with E-state index in [1.165, 1.54) is 6.20 Å². The first-order valence-electron chi connectivity index (χ1n) is 4.77. The van der Waals surface area contributed by atoms with Gasteiger partial charge in [-0.25, -0.2) is 4.98 Å². The number of aromatic nitrogens is 1. The van der Waals surface area contributed by atoms with Crippen LogP contribution in [-0.4, -0.2) is 23.3 Å². The van der Waals surface area contributed by atoms with E-state index in [0.717, 1.165) is 0 Å². The molecule has 0 fully saturated rings. The van der Waals surface area contributed by atoms with E-state index in [4.69, 9.17) is 17.3 Å². The predicted octanol–water partition coefficient (Wildman–Crippen LogP) is 0.730. The maximum Gasteiger partial charge on any atom is 0.252 e. The summed E-state index contributed by atoms with van der Waals surface area (Å²) in [4.78, 5) is 25.7. The summed E-state index contributed by atoms with van der Waals surface area (Å²) in [6.07, 6.45) is 2.19. The van der Waals surface area contributed by atoms with Crippen LogP contribution in [0.2, 0.25) is 5.15 Å². The molecule has 3 N–H and O–H groups in total. The van der Waals surface area contributed by atoms with Gasteiger partial charge in [0, 0.05) is 19.2 Å². The van der Waals surface area contributed by atoms with Crippen molar-refractivity contribution in [3.8, 4) is 0 Å². The fraction of sp³-hybridized carbons (Fsp3) is 0.300. The molecule has 0 aliphatic rings. The molecule has 1 heterocycles. The number of rotatable bonds is 5. The van der Waals surface area contributed by atoms with Crippen LogP contribution in [0.15, 0.2) is 18.3 Å². The van der Waals surface area contributed by atoms with Gasteiger partial charge in [-0.3, -0.25) is 9.59 Å². The molecule has 0 aliphatic heterocycles. The molecule has 0 atom stereocenters. The van der Waals surface area contributed by atoms with Crippen LogP contribution in [0, 0.1) is 0 Å². The van der Waals surface area contributed by atoms with Crippen LogP contribution in [-0.2, 0) is 4.79 Å². The standard InChI is InChI=1S/C10H12ClN3O2/c11-8-4-3-7(6-14-8)10(16)13-5-1-2-9(12)15/h3-4,6H,1-2,5H2,(H2,12,15)(H,13,16). The van der Waals surface area contributed by atoms with Gasteiger partial charge in [0.15, 0.2) is 0 Å². The Morgan fingerprint density at radius 1 is 1.44 bits per heavy atom. The molecule has 0 aliphatic carbocycles. The maximum absolute atomic E-state index is 11.5. The lowest BCUT2D eigenvalue weighted by Gasteiger charge is -2.03. The van der Waals surface area contributed by atoms with E-state index in [2.05, 4.69) is 10.3 Å². The molecular formula is C10H12ClN3O2. The van der Waals surface area contributed by atoms with Crippen LogP contribution in [0.5, 0.6) is 0 Å². The first-order chi connectivity index (χ1) is 7.59. The zero-order chi connectivity index (χ0) is 12.0. The second-order valence-corrected chi connectivity index (χ2v) is 3.58. The van der Waals surface area contributed by atoms with E-state index in [1.54, 1.807) is 12.1 Å². The number of nitrogens with zero attached hydrogens (tertiary/aromatic N) is 1. The van der Waals surface area contributed by atoms with Gasteiger partial charge in [0.25, 0.3) is 5.91 Å². The predicted molar refractivity (Wildman–Crippen MR) is 60.0 cm³/mol. The van der Waals surface area contributed by atoms with Crippen molar-refractivity contribution in [1.29, 1.82) is 0 Å². The number of pyridine rings is 1. The molecule has 2 amide bonds. The van der Waals surface area contributed by atoms with Gasteiger partial charge in [-0.15, -0.1) is 0 Å². The Labute approximate surface area is 98.0 Å². The summed E-state index contributed by atoms with van der Waals surface area (Å²) in [6, 6.07) is 3.12. The molecule has 1 aromatic rings. The Hall–Kier alpha value is -1.62. The van der Waals surface area contributed by atoms with E-state index in [-0.39, 0.29) is 18.2 Å². The normalized spacial score (nSPS) is 9.81. The molecule has 0 bridgehead atoms. The maximum atomic E-state index is 11.5. The molecule has 0 saturated carbocycles. The SMILES string of the molecule is NC(=O)CCCNC(=O)c1ccc(Cl)nc1. The minimum atomic E-state index is -0.373. The molecule has 16 heavy (non-hydrogen) atoms. The van der Waals surface area contributed by atoms with Gasteiger partial charge in [-0.1, -0.05) is 11.6 Å². The third kappa shape index (κ3) is 4.27. The van der Waals surface area contributed by atoms with Crippen LogP contribution in [0.1, 0.15) is 23.2 Å². The number of carbonyl (C=O) groups is 2. The first kappa shape index (κ1) is 12.4. The van der Waals surface area contributed by atoms with Gasteiger partial charge in [0.05, 0.1) is 5.56 Å². The number of primary amides is 1. The quantitative estimate of drug-likeness (QED) is 0.589. The summed E-state index contributed by atoms with van der Waals surface area (Å²) in [7, 11) is 0. The average Bonchev–Trinajstić information content (AvgIpc) is 2.25. The van der Waals surface area contributed by atoms with Crippen molar-refractivity contribution < 1.29 is 9.59 Å². The second kappa shape index (κ2) is 6.07. The summed E-state index contributed by atoms with van der Waals surface area (Å²) >= 11 is 5.58. The van der Waals surface area contributed by atoms with Crippen LogP contribution in [0.25, 0.3) is 0 Å². The Kier molecular flexibility index (Phi) is 4.72. The number of amides is 2. The van der Waals surface area contributed by atoms with Crippen LogP contribution < -0.4 is 11.1 Å². The van der Waals surface area contributed by atoms with E-state index < -0.39 is 0 Å². The van der Waals surface area contributed by atoms with Crippen molar-refractivity contribution in [2.45, 2.75) is 12.8 Å². The van der Waals surface area contributed by atoms with E-state index in [0.29, 0.717) is 23.7 Å². The van der Waals surface area contributed by atoms with Crippen molar-refractivity contribution in [2.24, 2.45) is 5.73 Å². The second-order valence-electron chi connectivity index (χ2n) is 3.20. The van der Waals surface area contributed by atoms with Crippen molar-refractivity contribution in [1.82, 2.24) is 10.3 Å². The van der Waals surface area contributed by atoms with Gasteiger partial charge >= 0.3 is 0 Å². The van der Waals surface area contributed by atoms with Gasteiger partial charge in [0.1, 0.15) is 5.15 Å². The zero-order valence-electron chi connectivity index (χ0n) is 8.57. The first-order valence-corrected chi connectivity index (χ1v) is 5.15. The summed E-state index contributed by atoms with van der Waals surface area (Å²) < 4.78 is 0. The summed E-state index contributed by atoms with van der Waals surface area (Å²) in [6.45, 7) is 0.407. The minimum absolute atomic E-state index is 0.242. The smallest absolute Gasteiger partial charge is 0.252 e. The highest BCUT2D eigenvalue weighted by Gasteiger charge is 2.05. The molecule has 86 valence electrons. The Bertz CT molecular complexity index is 378. The van der Waals surface area contributed by atoms with E-state index >= 15 is 0 Å². The van der Waals surface area contributed by atoms with Crippen LogP contribution in [0.4, 0.5) is 0 Å². The number of halogens is 1. The lowest BCUT2D eigenvalue weighted by atomic mass is 10.2. The van der Waals surface area contributed by atoms with Crippen LogP contribution >= 0.6 is 11.6 Å². The third-order valence-corrected chi connectivity index (χ3v) is 2.10. The fourth-order valence-electron chi connectivity index (χ4n) is 1.08. The molecule has 1 rings (SSSR count). The monoisotopic (exact) mass is 241 g/mol. The molecule has 1 aromatic heterocycles. The van der Waals surface area contributed by atoms with Crippen molar-refractivity contribution >= 4 is 23.4 Å². The largest absolute Gasteiger partial charge is 0.370 e. The summed E-state index contributed by atoms with van der Waals surface area (Å²) in [5, 5.41) is 2.98. The zero-order valence-corrected chi connectivity index (χ0v) is 9.33. The molecule has 6 heteroatoms. The van der Waals surface area contributed by atoms with Crippen molar-refractivity contribution in [3.05, 3.63) is 29.0 Å². The Balaban J connectivity index is 2.35. The van der Waals surface area contributed by atoms with Crippen molar-refractivity contribution in [3.63, 3.8) is 0 Å². The molecular weight excluding hydrogens is 230 g/mol. The molecule has 0 radical (unpaired) electrons. The summed E-state index contributed by atoms with van der Waals surface area (Å²) in [5.74, 6) is -0.615. The Morgan fingerprint density at radius 2 is 2.19 bits per heavy atom. The average molecular weight is 242 g/mol. The molecule has 0 spiro atoms. The number of hydrogen-bond donors (Lipinski definition) is 2. The van der Waals surface area contributed by atoms with Crippen LogP contribution in [0.3, 0.4) is 0 Å². The van der Waals surface area contributed by atoms with Gasteiger partial charge in [-0.05, 0) is 18.6 Å². The lowest BCUT2D eigenvalue weighted by molar-refractivity contribution is -0.118. The van der Waals surface area contributed by atoms with Gasteiger partial charge < -0.3 is 11.1 Å².